The normalized spacial score (nSPS) is 11.0. The van der Waals surface area contributed by atoms with E-state index in [-0.39, 0.29) is 0 Å². The summed E-state index contributed by atoms with van der Waals surface area (Å²) in [6.45, 7) is 0.563. The minimum atomic E-state index is 0.563. The topological polar surface area (TPSA) is 75.5 Å². The highest BCUT2D eigenvalue weighted by atomic mass is 15.3. The van der Waals surface area contributed by atoms with Crippen LogP contribution in [0.25, 0.3) is 11.2 Å². The Morgan fingerprint density at radius 1 is 1.28 bits per heavy atom. The molecule has 0 unspecified atom stereocenters. The minimum Gasteiger partial charge on any atom is -0.363 e. The maximum Gasteiger partial charge on any atom is 0.179 e. The van der Waals surface area contributed by atoms with Crippen LogP contribution in [0.1, 0.15) is 5.82 Å². The van der Waals surface area contributed by atoms with Crippen molar-refractivity contribution < 1.29 is 0 Å². The van der Waals surface area contributed by atoms with Gasteiger partial charge in [-0.1, -0.05) is 0 Å². The van der Waals surface area contributed by atoms with E-state index in [4.69, 9.17) is 0 Å². The maximum atomic E-state index is 4.46. The second-order valence-corrected chi connectivity index (χ2v) is 4.21. The van der Waals surface area contributed by atoms with Gasteiger partial charge in [0.25, 0.3) is 0 Å². The highest BCUT2D eigenvalue weighted by Crippen LogP contribution is 2.14. The number of aromatic nitrogens is 6. The number of rotatable bonds is 3. The standard InChI is InChI=1S/C11H13N7/c1-17(2)10-4-3-8-11(16-10)15-9(14-8)5-18-7-12-6-13-18/h3-4,6-7H,5H2,1-2H3,(H,14,15,16). The molecule has 0 spiro atoms. The van der Waals surface area contributed by atoms with Gasteiger partial charge in [-0.3, -0.25) is 0 Å². The Labute approximate surface area is 104 Å². The number of hydrogen-bond donors (Lipinski definition) is 1. The van der Waals surface area contributed by atoms with Crippen LogP contribution in [0.3, 0.4) is 0 Å². The summed E-state index contributed by atoms with van der Waals surface area (Å²) in [6.07, 6.45) is 3.16. The molecule has 0 aliphatic heterocycles. The molecule has 0 bridgehead atoms. The smallest absolute Gasteiger partial charge is 0.179 e. The van der Waals surface area contributed by atoms with Gasteiger partial charge in [0.2, 0.25) is 0 Å². The highest BCUT2D eigenvalue weighted by molar-refractivity contribution is 5.73. The van der Waals surface area contributed by atoms with Gasteiger partial charge >= 0.3 is 0 Å². The Morgan fingerprint density at radius 3 is 2.89 bits per heavy atom. The molecule has 1 N–H and O–H groups in total. The molecular weight excluding hydrogens is 230 g/mol. The third-order valence-electron chi connectivity index (χ3n) is 2.62. The highest BCUT2D eigenvalue weighted by Gasteiger charge is 2.06. The van der Waals surface area contributed by atoms with Crippen molar-refractivity contribution >= 4 is 17.0 Å². The number of hydrogen-bond acceptors (Lipinski definition) is 5. The van der Waals surface area contributed by atoms with E-state index in [0.29, 0.717) is 6.54 Å². The van der Waals surface area contributed by atoms with Crippen LogP contribution >= 0.6 is 0 Å². The van der Waals surface area contributed by atoms with Crippen LogP contribution in [0, 0.1) is 0 Å². The van der Waals surface area contributed by atoms with Gasteiger partial charge in [-0.15, -0.1) is 0 Å². The number of nitrogens with one attached hydrogen (secondary N) is 1. The molecule has 0 fully saturated rings. The Morgan fingerprint density at radius 2 is 2.17 bits per heavy atom. The predicted molar refractivity (Wildman–Crippen MR) is 67.3 cm³/mol. The van der Waals surface area contributed by atoms with Gasteiger partial charge < -0.3 is 9.88 Å². The van der Waals surface area contributed by atoms with Gasteiger partial charge in [0, 0.05) is 14.1 Å². The molecule has 0 saturated heterocycles. The van der Waals surface area contributed by atoms with Crippen LogP contribution in [0.5, 0.6) is 0 Å². The number of nitrogens with zero attached hydrogens (tertiary/aromatic N) is 6. The van der Waals surface area contributed by atoms with Gasteiger partial charge in [0.15, 0.2) is 5.65 Å². The van der Waals surface area contributed by atoms with Crippen LogP contribution in [-0.2, 0) is 6.54 Å². The first-order valence-corrected chi connectivity index (χ1v) is 5.58. The summed E-state index contributed by atoms with van der Waals surface area (Å²) in [5, 5.41) is 4.04. The number of imidazole rings is 1. The molecule has 18 heavy (non-hydrogen) atoms. The summed E-state index contributed by atoms with van der Waals surface area (Å²) in [4.78, 5) is 18.0. The van der Waals surface area contributed by atoms with E-state index in [0.717, 1.165) is 22.8 Å². The van der Waals surface area contributed by atoms with E-state index in [1.807, 2.05) is 31.1 Å². The summed E-state index contributed by atoms with van der Waals surface area (Å²) >= 11 is 0. The van der Waals surface area contributed by atoms with Gasteiger partial charge in [-0.2, -0.15) is 5.10 Å². The van der Waals surface area contributed by atoms with Crippen molar-refractivity contribution in [2.24, 2.45) is 0 Å². The minimum absolute atomic E-state index is 0.563. The zero-order valence-electron chi connectivity index (χ0n) is 10.2. The monoisotopic (exact) mass is 243 g/mol. The first-order valence-electron chi connectivity index (χ1n) is 5.58. The molecule has 0 aliphatic carbocycles. The Kier molecular flexibility index (Phi) is 2.44. The summed E-state index contributed by atoms with van der Waals surface area (Å²) in [5.74, 6) is 1.71. The summed E-state index contributed by atoms with van der Waals surface area (Å²) in [7, 11) is 3.91. The molecule has 0 radical (unpaired) electrons. The van der Waals surface area contributed by atoms with E-state index < -0.39 is 0 Å². The number of anilines is 1. The Bertz CT molecular complexity index is 653. The van der Waals surface area contributed by atoms with Gasteiger partial charge in [0.05, 0.1) is 5.52 Å². The molecule has 3 aromatic rings. The van der Waals surface area contributed by atoms with Crippen molar-refractivity contribution in [2.45, 2.75) is 6.54 Å². The SMILES string of the molecule is CN(C)c1ccc2[nH]c(Cn3cncn3)nc2n1. The molecule has 0 aromatic carbocycles. The van der Waals surface area contributed by atoms with Crippen molar-refractivity contribution in [3.63, 3.8) is 0 Å². The van der Waals surface area contributed by atoms with E-state index in [9.17, 15) is 0 Å². The first kappa shape index (κ1) is 10.7. The molecule has 7 heteroatoms. The third kappa shape index (κ3) is 1.90. The third-order valence-corrected chi connectivity index (χ3v) is 2.62. The van der Waals surface area contributed by atoms with Crippen LogP contribution < -0.4 is 4.90 Å². The quantitative estimate of drug-likeness (QED) is 0.731. The number of pyridine rings is 1. The fourth-order valence-corrected chi connectivity index (χ4v) is 1.72. The molecular formula is C11H13N7. The number of fused-ring (bicyclic) bond motifs is 1. The van der Waals surface area contributed by atoms with Gasteiger partial charge in [-0.05, 0) is 12.1 Å². The molecule has 3 rings (SSSR count). The van der Waals surface area contributed by atoms with Crippen LogP contribution in [0.15, 0.2) is 24.8 Å². The molecule has 0 atom stereocenters. The Hall–Kier alpha value is -2.44. The lowest BCUT2D eigenvalue weighted by Crippen LogP contribution is -2.10. The second-order valence-electron chi connectivity index (χ2n) is 4.21. The fourth-order valence-electron chi connectivity index (χ4n) is 1.72. The van der Waals surface area contributed by atoms with Crippen molar-refractivity contribution in [1.29, 1.82) is 0 Å². The van der Waals surface area contributed by atoms with E-state index >= 15 is 0 Å². The van der Waals surface area contributed by atoms with Gasteiger partial charge in [0.1, 0.15) is 30.8 Å². The summed E-state index contributed by atoms with van der Waals surface area (Å²) in [6, 6.07) is 3.94. The molecule has 0 aliphatic rings. The van der Waals surface area contributed by atoms with Crippen molar-refractivity contribution in [1.82, 2.24) is 29.7 Å². The van der Waals surface area contributed by atoms with E-state index in [2.05, 4.69) is 25.0 Å². The largest absolute Gasteiger partial charge is 0.363 e. The molecule has 7 nitrogen and oxygen atoms in total. The van der Waals surface area contributed by atoms with Crippen molar-refractivity contribution in [3.8, 4) is 0 Å². The maximum absolute atomic E-state index is 4.46. The first-order chi connectivity index (χ1) is 8.72. The van der Waals surface area contributed by atoms with E-state index in [1.165, 1.54) is 6.33 Å². The predicted octanol–water partition coefficient (Wildman–Crippen LogP) is 0.664. The summed E-state index contributed by atoms with van der Waals surface area (Å²) in [5.41, 5.74) is 1.65. The fraction of sp³-hybridized carbons (Fsp3) is 0.273. The van der Waals surface area contributed by atoms with Crippen LogP contribution in [0.2, 0.25) is 0 Å². The van der Waals surface area contributed by atoms with Crippen molar-refractivity contribution in [2.75, 3.05) is 19.0 Å². The number of aromatic amines is 1. The zero-order chi connectivity index (χ0) is 12.5. The summed E-state index contributed by atoms with van der Waals surface area (Å²) < 4.78 is 1.71. The average molecular weight is 243 g/mol. The van der Waals surface area contributed by atoms with Crippen LogP contribution in [-0.4, -0.2) is 43.8 Å². The molecule has 0 amide bonds. The lowest BCUT2D eigenvalue weighted by Gasteiger charge is -2.09. The zero-order valence-corrected chi connectivity index (χ0v) is 10.2. The van der Waals surface area contributed by atoms with E-state index in [1.54, 1.807) is 11.0 Å². The molecule has 0 saturated carbocycles. The molecule has 3 heterocycles. The molecule has 3 aromatic heterocycles. The Balaban J connectivity index is 1.95. The second kappa shape index (κ2) is 4.10. The molecule has 92 valence electrons. The number of H-pyrrole nitrogens is 1. The van der Waals surface area contributed by atoms with Crippen LogP contribution in [0.4, 0.5) is 5.82 Å². The average Bonchev–Trinajstić information content (AvgIpc) is 2.96. The van der Waals surface area contributed by atoms with Crippen molar-refractivity contribution in [3.05, 3.63) is 30.6 Å². The lowest BCUT2D eigenvalue weighted by atomic mass is 10.4. The van der Waals surface area contributed by atoms with Gasteiger partial charge in [-0.25, -0.2) is 19.6 Å². The lowest BCUT2D eigenvalue weighted by molar-refractivity contribution is 0.661.